The third-order valence-electron chi connectivity index (χ3n) is 6.40. The Morgan fingerprint density at radius 3 is 1.57 bits per heavy atom. The van der Waals surface area contributed by atoms with Gasteiger partial charge in [-0.2, -0.15) is 0 Å². The lowest BCUT2D eigenvalue weighted by molar-refractivity contribution is -0.140. The maximum absolute atomic E-state index is 13.6. The maximum atomic E-state index is 13.6. The van der Waals surface area contributed by atoms with E-state index in [-0.39, 0.29) is 25.7 Å². The first-order valence-corrected chi connectivity index (χ1v) is 13.5. The Labute approximate surface area is 243 Å². The summed E-state index contributed by atoms with van der Waals surface area (Å²) < 4.78 is 0. The number of primary amides is 1. The molecule has 0 aliphatic rings. The number of hydrogen-bond donors (Lipinski definition) is 7. The molecule has 4 atom stereocenters. The summed E-state index contributed by atoms with van der Waals surface area (Å²) in [5.41, 5.74) is 12.4. The van der Waals surface area contributed by atoms with E-state index in [0.29, 0.717) is 24.9 Å². The van der Waals surface area contributed by atoms with Crippen molar-refractivity contribution in [1.29, 1.82) is 0 Å². The van der Waals surface area contributed by atoms with Gasteiger partial charge >= 0.3 is 5.97 Å². The fourth-order valence-corrected chi connectivity index (χ4v) is 4.20. The lowest BCUT2D eigenvalue weighted by atomic mass is 10.0. The fourth-order valence-electron chi connectivity index (χ4n) is 4.20. The molecule has 2 aromatic carbocycles. The van der Waals surface area contributed by atoms with Crippen LogP contribution in [0.5, 0.6) is 0 Å². The number of benzene rings is 2. The molecule has 13 heteroatoms. The molecule has 4 unspecified atom stereocenters. The van der Waals surface area contributed by atoms with Crippen molar-refractivity contribution in [3.8, 4) is 0 Å². The Balaban J connectivity index is 2.32. The van der Waals surface area contributed by atoms with Gasteiger partial charge < -0.3 is 37.8 Å². The first-order valence-electron chi connectivity index (χ1n) is 13.5. The highest BCUT2D eigenvalue weighted by Crippen LogP contribution is 2.09. The topological polar surface area (TPSA) is 223 Å². The van der Waals surface area contributed by atoms with E-state index in [4.69, 9.17) is 16.6 Å². The number of carbonyl (C=O) groups is 6. The van der Waals surface area contributed by atoms with Gasteiger partial charge in [0, 0.05) is 12.8 Å². The van der Waals surface area contributed by atoms with Crippen molar-refractivity contribution in [3.05, 3.63) is 71.8 Å². The van der Waals surface area contributed by atoms with E-state index in [1.54, 1.807) is 60.7 Å². The van der Waals surface area contributed by atoms with E-state index in [0.717, 1.165) is 5.56 Å². The number of carboxylic acids is 1. The van der Waals surface area contributed by atoms with Gasteiger partial charge in [0.2, 0.25) is 30.0 Å². The maximum Gasteiger partial charge on any atom is 0.305 e. The van der Waals surface area contributed by atoms with Gasteiger partial charge in [0.05, 0.1) is 6.42 Å². The summed E-state index contributed by atoms with van der Waals surface area (Å²) in [5.74, 6) is -4.34. The fraction of sp³-hybridized carbons (Fsp3) is 0.379. The van der Waals surface area contributed by atoms with Crippen molar-refractivity contribution in [2.75, 3.05) is 6.54 Å². The van der Waals surface area contributed by atoms with Crippen molar-refractivity contribution in [3.63, 3.8) is 0 Å². The summed E-state index contributed by atoms with van der Waals surface area (Å²) in [6.45, 7) is 0.413. The molecule has 0 aliphatic carbocycles. The molecule has 0 radical (unpaired) electrons. The normalized spacial score (nSPS) is 13.5. The summed E-state index contributed by atoms with van der Waals surface area (Å²) in [7, 11) is 0. The Bertz CT molecular complexity index is 1200. The average Bonchev–Trinajstić information content (AvgIpc) is 2.96. The molecule has 0 bridgehead atoms. The quantitative estimate of drug-likeness (QED) is 0.0812. The standard InChI is InChI=1S/C29H38N6O7/c30-14-8-7-13-21(26(31)39)33-28(41)23(15-19-9-3-1-4-10-19)35-29(42)24(16-20-11-5-2-6-12-20)34-27(40)22(32-18-36)17-25(37)38/h1-6,9-12,18,21-24H,7-8,13-17,30H2,(H2,31,39)(H,32,36)(H,33,41)(H,34,40)(H,35,42)(H,37,38). The minimum Gasteiger partial charge on any atom is -0.481 e. The number of nitrogens with two attached hydrogens (primary N) is 2. The summed E-state index contributed by atoms with van der Waals surface area (Å²) >= 11 is 0. The number of hydrogen-bond acceptors (Lipinski definition) is 7. The zero-order valence-electron chi connectivity index (χ0n) is 23.2. The van der Waals surface area contributed by atoms with Crippen LogP contribution in [0, 0.1) is 0 Å². The second-order valence-corrected chi connectivity index (χ2v) is 9.68. The molecule has 5 amide bonds. The molecule has 13 nitrogen and oxygen atoms in total. The molecule has 0 aromatic heterocycles. The van der Waals surface area contributed by atoms with Gasteiger partial charge in [-0.1, -0.05) is 60.7 Å². The van der Waals surface area contributed by atoms with Gasteiger partial charge in [0.25, 0.3) is 0 Å². The van der Waals surface area contributed by atoms with Gasteiger partial charge in [0.1, 0.15) is 24.2 Å². The predicted molar refractivity (Wildman–Crippen MR) is 153 cm³/mol. The van der Waals surface area contributed by atoms with Crippen LogP contribution in [0.2, 0.25) is 0 Å². The first kappa shape index (κ1) is 33.4. The molecular formula is C29H38N6O7. The van der Waals surface area contributed by atoms with Gasteiger partial charge in [-0.3, -0.25) is 28.8 Å². The first-order chi connectivity index (χ1) is 20.1. The number of aliphatic carboxylic acids is 1. The minimum absolute atomic E-state index is 0.00195. The number of amides is 5. The second kappa shape index (κ2) is 17.8. The number of unbranched alkanes of at least 4 members (excludes halogenated alkanes) is 1. The van der Waals surface area contributed by atoms with Crippen LogP contribution in [0.1, 0.15) is 36.8 Å². The monoisotopic (exact) mass is 582 g/mol. The molecule has 2 aromatic rings. The predicted octanol–water partition coefficient (Wildman–Crippen LogP) is -0.870. The second-order valence-electron chi connectivity index (χ2n) is 9.68. The summed E-state index contributed by atoms with van der Waals surface area (Å²) in [4.78, 5) is 74.1. The van der Waals surface area contributed by atoms with Gasteiger partial charge in [-0.25, -0.2) is 0 Å². The van der Waals surface area contributed by atoms with Crippen molar-refractivity contribution >= 4 is 36.0 Å². The van der Waals surface area contributed by atoms with Crippen LogP contribution < -0.4 is 32.7 Å². The largest absolute Gasteiger partial charge is 0.481 e. The molecular weight excluding hydrogens is 544 g/mol. The van der Waals surface area contributed by atoms with E-state index in [2.05, 4.69) is 21.3 Å². The van der Waals surface area contributed by atoms with Crippen LogP contribution in [0.15, 0.2) is 60.7 Å². The highest BCUT2D eigenvalue weighted by atomic mass is 16.4. The summed E-state index contributed by atoms with van der Waals surface area (Å²) in [6.07, 6.45) is 1.01. The zero-order chi connectivity index (χ0) is 30.9. The third-order valence-corrected chi connectivity index (χ3v) is 6.40. The van der Waals surface area contributed by atoms with E-state index >= 15 is 0 Å². The molecule has 42 heavy (non-hydrogen) atoms. The molecule has 0 heterocycles. The van der Waals surface area contributed by atoms with Crippen molar-refractivity contribution in [2.45, 2.75) is 62.7 Å². The molecule has 2 rings (SSSR count). The smallest absolute Gasteiger partial charge is 0.305 e. The van der Waals surface area contributed by atoms with Crippen molar-refractivity contribution in [1.82, 2.24) is 21.3 Å². The highest BCUT2D eigenvalue weighted by molar-refractivity contribution is 5.95. The van der Waals surface area contributed by atoms with Gasteiger partial charge in [0.15, 0.2) is 0 Å². The van der Waals surface area contributed by atoms with E-state index in [1.165, 1.54) is 0 Å². The summed E-state index contributed by atoms with van der Waals surface area (Å²) in [6, 6.07) is 12.8. The van der Waals surface area contributed by atoms with Crippen LogP contribution in [0.3, 0.4) is 0 Å². The minimum atomic E-state index is -1.43. The Morgan fingerprint density at radius 1 is 0.714 bits per heavy atom. The lowest BCUT2D eigenvalue weighted by Crippen LogP contribution is -2.58. The number of carbonyl (C=O) groups excluding carboxylic acids is 5. The van der Waals surface area contributed by atoms with E-state index in [1.807, 2.05) is 0 Å². The van der Waals surface area contributed by atoms with E-state index in [9.17, 15) is 28.8 Å². The number of nitrogens with one attached hydrogen (secondary N) is 4. The van der Waals surface area contributed by atoms with Crippen LogP contribution in [-0.2, 0) is 41.6 Å². The average molecular weight is 583 g/mol. The lowest BCUT2D eigenvalue weighted by Gasteiger charge is -2.26. The zero-order valence-corrected chi connectivity index (χ0v) is 23.2. The van der Waals surface area contributed by atoms with Crippen LogP contribution in [0.4, 0.5) is 0 Å². The Morgan fingerprint density at radius 2 is 1.17 bits per heavy atom. The number of carboxylic acid groups (broad SMARTS) is 1. The van der Waals surface area contributed by atoms with Gasteiger partial charge in [-0.15, -0.1) is 0 Å². The Hall–Kier alpha value is -4.78. The highest BCUT2D eigenvalue weighted by Gasteiger charge is 2.31. The SMILES string of the molecule is NCCCCC(NC(=O)C(Cc1ccccc1)NC(=O)C(Cc1ccccc1)NC(=O)C(CC(=O)O)NC=O)C(N)=O. The van der Waals surface area contributed by atoms with E-state index < -0.39 is 60.2 Å². The molecule has 9 N–H and O–H groups in total. The van der Waals surface area contributed by atoms with Crippen LogP contribution in [-0.4, -0.2) is 71.8 Å². The summed E-state index contributed by atoms with van der Waals surface area (Å²) in [5, 5.41) is 19.1. The third kappa shape index (κ3) is 11.8. The Kier molecular flexibility index (Phi) is 14.2. The molecule has 0 saturated heterocycles. The van der Waals surface area contributed by atoms with Crippen molar-refractivity contribution in [2.24, 2.45) is 11.5 Å². The van der Waals surface area contributed by atoms with Crippen molar-refractivity contribution < 1.29 is 33.9 Å². The van der Waals surface area contributed by atoms with Crippen LogP contribution in [0.25, 0.3) is 0 Å². The molecule has 0 aliphatic heterocycles. The molecule has 0 saturated carbocycles. The molecule has 0 spiro atoms. The number of rotatable bonds is 19. The van der Waals surface area contributed by atoms with Crippen LogP contribution >= 0.6 is 0 Å². The molecule has 226 valence electrons. The molecule has 0 fully saturated rings. The van der Waals surface area contributed by atoms with Gasteiger partial charge in [-0.05, 0) is 36.9 Å².